The number of carbonyl (C=O) groups excluding carboxylic acids is 3. The topological polar surface area (TPSA) is 87.2 Å². The zero-order valence-corrected chi connectivity index (χ0v) is 23.2. The van der Waals surface area contributed by atoms with Gasteiger partial charge in [-0.05, 0) is 37.1 Å². The van der Waals surface area contributed by atoms with E-state index in [9.17, 15) is 19.5 Å². The van der Waals surface area contributed by atoms with Crippen LogP contribution in [0.15, 0.2) is 49.6 Å². The van der Waals surface area contributed by atoms with Crippen molar-refractivity contribution < 1.29 is 24.2 Å². The molecule has 3 aliphatic rings. The van der Waals surface area contributed by atoms with Crippen molar-refractivity contribution >= 4 is 62.8 Å². The van der Waals surface area contributed by atoms with E-state index in [-0.39, 0.29) is 41.6 Å². The minimum Gasteiger partial charge on any atom is -0.461 e. The number of hydrogen-bond acceptors (Lipinski definition) is 6. The average molecular weight is 598 g/mol. The fourth-order valence-electron chi connectivity index (χ4n) is 5.88. The summed E-state index contributed by atoms with van der Waals surface area (Å²) in [6.07, 6.45) is 4.14. The largest absolute Gasteiger partial charge is 0.461 e. The van der Waals surface area contributed by atoms with Gasteiger partial charge in [0.25, 0.3) is 5.91 Å². The molecule has 2 bridgehead atoms. The molecule has 0 aromatic heterocycles. The van der Waals surface area contributed by atoms with Gasteiger partial charge < -0.3 is 19.6 Å². The molecular weight excluding hydrogens is 568 g/mol. The molecule has 0 saturated carbocycles. The lowest BCUT2D eigenvalue weighted by molar-refractivity contribution is -0.153. The van der Waals surface area contributed by atoms with Crippen LogP contribution < -0.4 is 4.90 Å². The molecule has 3 fully saturated rings. The highest BCUT2D eigenvalue weighted by molar-refractivity contribution is 9.09. The molecule has 1 aromatic rings. The van der Waals surface area contributed by atoms with E-state index in [1.165, 1.54) is 17.8 Å². The number of benzene rings is 1. The second-order valence-corrected chi connectivity index (χ2v) is 12.4. The molecule has 2 amide bonds. The smallest absolute Gasteiger partial charge is 0.311 e. The Bertz CT molecular complexity index is 1050. The fraction of sp³-hybridized carbons (Fsp3) is 0.500. The normalized spacial score (nSPS) is 31.2. The molecule has 7 nitrogen and oxygen atoms in total. The quantitative estimate of drug-likeness (QED) is 0.251. The van der Waals surface area contributed by atoms with E-state index in [2.05, 4.69) is 29.1 Å². The summed E-state index contributed by atoms with van der Waals surface area (Å²) in [6, 6.07) is 5.50. The van der Waals surface area contributed by atoms with E-state index in [1.54, 1.807) is 40.1 Å². The van der Waals surface area contributed by atoms with Gasteiger partial charge in [0.05, 0.1) is 29.2 Å². The van der Waals surface area contributed by atoms with Gasteiger partial charge in [0, 0.05) is 27.3 Å². The Morgan fingerprint density at radius 2 is 2.06 bits per heavy atom. The van der Waals surface area contributed by atoms with Crippen molar-refractivity contribution in [3.63, 3.8) is 0 Å². The first-order chi connectivity index (χ1) is 17.2. The van der Waals surface area contributed by atoms with E-state index >= 15 is 0 Å². The first-order valence-electron chi connectivity index (χ1n) is 12.0. The molecule has 3 aliphatic heterocycles. The Morgan fingerprint density at radius 1 is 1.36 bits per heavy atom. The third kappa shape index (κ3) is 4.31. The third-order valence-corrected chi connectivity index (χ3v) is 10.8. The number of likely N-dealkylation sites (tertiary alicyclic amines) is 1. The average Bonchev–Trinajstić information content (AvgIpc) is 3.46. The molecule has 0 aliphatic carbocycles. The maximum absolute atomic E-state index is 14.4. The van der Waals surface area contributed by atoms with Gasteiger partial charge in [0.2, 0.25) is 5.91 Å². The van der Waals surface area contributed by atoms with Crippen molar-refractivity contribution in [2.75, 3.05) is 24.7 Å². The van der Waals surface area contributed by atoms with E-state index in [1.807, 2.05) is 6.92 Å². The van der Waals surface area contributed by atoms with Gasteiger partial charge in [-0.25, -0.2) is 0 Å². The predicted octanol–water partition coefficient (Wildman–Crippen LogP) is 3.82. The van der Waals surface area contributed by atoms with Crippen LogP contribution in [0.5, 0.6) is 0 Å². The number of thioether (sulfide) groups is 1. The van der Waals surface area contributed by atoms with Gasteiger partial charge in [-0.15, -0.1) is 18.3 Å². The van der Waals surface area contributed by atoms with Crippen LogP contribution in [0, 0.1) is 11.8 Å². The van der Waals surface area contributed by atoms with E-state index in [0.29, 0.717) is 23.6 Å². The molecular formula is C26H30BrClN2O5S. The Balaban J connectivity index is 1.82. The number of rotatable bonds is 10. The molecule has 3 saturated heterocycles. The van der Waals surface area contributed by atoms with Crippen LogP contribution in [-0.4, -0.2) is 74.5 Å². The van der Waals surface area contributed by atoms with Crippen molar-refractivity contribution in [3.05, 3.63) is 54.6 Å². The molecule has 36 heavy (non-hydrogen) atoms. The third-order valence-electron chi connectivity index (χ3n) is 7.37. The van der Waals surface area contributed by atoms with Crippen molar-refractivity contribution in [1.82, 2.24) is 4.90 Å². The summed E-state index contributed by atoms with van der Waals surface area (Å²) in [5.74, 6) is -2.42. The van der Waals surface area contributed by atoms with Crippen LogP contribution in [0.4, 0.5) is 5.69 Å². The van der Waals surface area contributed by atoms with Gasteiger partial charge in [-0.3, -0.25) is 14.4 Å². The number of amides is 2. The SMILES string of the molecule is C=CCOC(=O)[C@H]1[C@@H]2SC3(CC2Br)C(C(=O)N(CC=C)c2ccc(Cl)cc2)N([C@@H](CC)CO)C(=O)[C@H]13. The number of ether oxygens (including phenoxy) is 1. The highest BCUT2D eigenvalue weighted by atomic mass is 79.9. The van der Waals surface area contributed by atoms with Crippen molar-refractivity contribution in [3.8, 4) is 0 Å². The summed E-state index contributed by atoms with van der Waals surface area (Å²) in [5.41, 5.74) is 0.628. The number of fused-ring (bicyclic) bond motifs is 1. The summed E-state index contributed by atoms with van der Waals surface area (Å²) in [4.78, 5) is 44.7. The first kappa shape index (κ1) is 27.2. The van der Waals surface area contributed by atoms with Gasteiger partial charge in [0.15, 0.2) is 0 Å². The zero-order chi connectivity index (χ0) is 26.2. The number of nitrogens with zero attached hydrogens (tertiary/aromatic N) is 2. The van der Waals surface area contributed by atoms with Gasteiger partial charge in [0.1, 0.15) is 12.6 Å². The van der Waals surface area contributed by atoms with Crippen LogP contribution in [0.25, 0.3) is 0 Å². The molecule has 10 heteroatoms. The van der Waals surface area contributed by atoms with Crippen LogP contribution in [0.1, 0.15) is 19.8 Å². The number of aliphatic hydroxyl groups excluding tert-OH is 1. The van der Waals surface area contributed by atoms with E-state index < -0.39 is 34.6 Å². The second kappa shape index (κ2) is 10.9. The lowest BCUT2D eigenvalue weighted by atomic mass is 9.71. The molecule has 1 spiro atoms. The molecule has 0 radical (unpaired) electrons. The van der Waals surface area contributed by atoms with Crippen LogP contribution >= 0.6 is 39.3 Å². The lowest BCUT2D eigenvalue weighted by Gasteiger charge is -2.39. The maximum atomic E-state index is 14.4. The monoisotopic (exact) mass is 596 g/mol. The Hall–Kier alpha value is -1.81. The summed E-state index contributed by atoms with van der Waals surface area (Å²) in [5, 5.41) is 10.5. The van der Waals surface area contributed by atoms with E-state index in [0.717, 1.165) is 0 Å². The summed E-state index contributed by atoms with van der Waals surface area (Å²) >= 11 is 11.3. The summed E-state index contributed by atoms with van der Waals surface area (Å²) < 4.78 is 4.57. The maximum Gasteiger partial charge on any atom is 0.311 e. The number of anilines is 1. The van der Waals surface area contributed by atoms with Crippen LogP contribution in [-0.2, 0) is 19.1 Å². The highest BCUT2D eigenvalue weighted by Gasteiger charge is 2.76. The number of carbonyl (C=O) groups is 3. The van der Waals surface area contributed by atoms with Crippen LogP contribution in [0.2, 0.25) is 5.02 Å². The molecule has 1 aromatic carbocycles. The minimum absolute atomic E-state index is 0.0531. The van der Waals surface area contributed by atoms with Gasteiger partial charge in [-0.2, -0.15) is 0 Å². The molecule has 3 unspecified atom stereocenters. The standard InChI is InChI=1S/C26H30BrClN2O5S/c1-4-11-29(17-9-7-15(28)8-10-17)24(33)22-26-13-18(27)21(36-26)19(25(34)35-12-5-2)20(26)23(32)30(22)16(6-3)14-31/h4-5,7-10,16,18-22,31H,1-2,6,11-14H2,3H3/t16-,18?,19+,20-,21+,22?,26?/m0/s1. The number of alkyl halides is 1. The molecule has 4 rings (SSSR count). The lowest BCUT2D eigenvalue weighted by Crippen LogP contribution is -2.58. The number of aliphatic hydroxyl groups is 1. The van der Waals surface area contributed by atoms with Crippen molar-refractivity contribution in [2.24, 2.45) is 11.8 Å². The predicted molar refractivity (Wildman–Crippen MR) is 145 cm³/mol. The first-order valence-corrected chi connectivity index (χ1v) is 14.1. The van der Waals surface area contributed by atoms with Gasteiger partial charge >= 0.3 is 5.97 Å². The number of halogens is 2. The fourth-order valence-corrected chi connectivity index (χ4v) is 9.59. The zero-order valence-electron chi connectivity index (χ0n) is 20.0. The number of hydrogen-bond donors (Lipinski definition) is 1. The van der Waals surface area contributed by atoms with E-state index in [4.69, 9.17) is 16.3 Å². The second-order valence-electron chi connectivity index (χ2n) is 9.29. The highest BCUT2D eigenvalue weighted by Crippen LogP contribution is 2.68. The Kier molecular flexibility index (Phi) is 8.24. The van der Waals surface area contributed by atoms with Crippen molar-refractivity contribution in [1.29, 1.82) is 0 Å². The molecule has 3 heterocycles. The van der Waals surface area contributed by atoms with Crippen LogP contribution in [0.3, 0.4) is 0 Å². The molecule has 194 valence electrons. The summed E-state index contributed by atoms with van der Waals surface area (Å²) in [6.45, 7) is 9.29. The van der Waals surface area contributed by atoms with Gasteiger partial charge in [-0.1, -0.05) is 53.2 Å². The van der Waals surface area contributed by atoms with Crippen molar-refractivity contribution in [2.45, 2.75) is 46.7 Å². The Labute approximate surface area is 229 Å². The Morgan fingerprint density at radius 3 is 2.64 bits per heavy atom. The summed E-state index contributed by atoms with van der Waals surface area (Å²) in [7, 11) is 0. The molecule has 1 N–H and O–H groups in total. The number of esters is 1. The minimum atomic E-state index is -0.866. The molecule has 7 atom stereocenters.